The Balaban J connectivity index is 1.79. The number of methoxy groups -OCH3 is 1. The average Bonchev–Trinajstić information content (AvgIpc) is 2.60. The fourth-order valence-corrected chi connectivity index (χ4v) is 2.26. The molecule has 2 aromatic carbocycles. The molecule has 0 aliphatic carbocycles. The fraction of sp³-hybridized carbons (Fsp3) is 0.158. The van der Waals surface area contributed by atoms with Crippen LogP contribution in [0.5, 0.6) is 11.6 Å². The normalized spacial score (nSPS) is 10.5. The number of benzene rings is 2. The third-order valence-electron chi connectivity index (χ3n) is 3.45. The molecule has 1 aromatic heterocycles. The second-order valence-electron chi connectivity index (χ2n) is 5.32. The molecule has 4 nitrogen and oxygen atoms in total. The lowest BCUT2D eigenvalue weighted by molar-refractivity contribution is 0.292. The minimum Gasteiger partial charge on any atom is -0.497 e. The quantitative estimate of drug-likeness (QED) is 0.706. The highest BCUT2D eigenvalue weighted by Crippen LogP contribution is 2.20. The van der Waals surface area contributed by atoms with Gasteiger partial charge in [-0.2, -0.15) is 4.98 Å². The lowest BCUT2D eigenvalue weighted by atomic mass is 10.2. The molecule has 0 aliphatic heterocycles. The first kappa shape index (κ1) is 15.9. The maximum absolute atomic E-state index is 13.1. The van der Waals surface area contributed by atoms with Gasteiger partial charge in [-0.3, -0.25) is 0 Å². The third-order valence-corrected chi connectivity index (χ3v) is 3.45. The van der Waals surface area contributed by atoms with Crippen molar-refractivity contribution < 1.29 is 13.9 Å². The summed E-state index contributed by atoms with van der Waals surface area (Å²) in [5, 5.41) is 0. The van der Waals surface area contributed by atoms with Crippen LogP contribution in [0.15, 0.2) is 54.6 Å². The summed E-state index contributed by atoms with van der Waals surface area (Å²) in [5.41, 5.74) is 2.50. The molecule has 0 radical (unpaired) electrons. The van der Waals surface area contributed by atoms with Crippen LogP contribution in [-0.4, -0.2) is 17.1 Å². The van der Waals surface area contributed by atoms with Crippen molar-refractivity contribution in [1.29, 1.82) is 0 Å². The molecule has 0 atom stereocenters. The molecule has 0 spiro atoms. The molecule has 5 heteroatoms. The molecule has 0 N–H and O–H groups in total. The Kier molecular flexibility index (Phi) is 4.70. The van der Waals surface area contributed by atoms with E-state index in [1.165, 1.54) is 12.1 Å². The number of hydrogen-bond acceptors (Lipinski definition) is 4. The zero-order chi connectivity index (χ0) is 16.9. The topological polar surface area (TPSA) is 44.2 Å². The van der Waals surface area contributed by atoms with Crippen LogP contribution < -0.4 is 9.47 Å². The molecule has 3 aromatic rings. The molecule has 0 aliphatic rings. The molecule has 3 rings (SSSR count). The van der Waals surface area contributed by atoms with Crippen molar-refractivity contribution in [3.8, 4) is 23.0 Å². The van der Waals surface area contributed by atoms with Gasteiger partial charge in [-0.05, 0) is 48.9 Å². The van der Waals surface area contributed by atoms with E-state index in [0.717, 1.165) is 22.6 Å². The second-order valence-corrected chi connectivity index (χ2v) is 5.32. The first-order valence-corrected chi connectivity index (χ1v) is 7.51. The molecule has 0 fully saturated rings. The van der Waals surface area contributed by atoms with Crippen molar-refractivity contribution >= 4 is 0 Å². The highest BCUT2D eigenvalue weighted by Gasteiger charge is 2.07. The summed E-state index contributed by atoms with van der Waals surface area (Å²) in [5.74, 6) is 1.48. The molecule has 122 valence electrons. The van der Waals surface area contributed by atoms with Crippen molar-refractivity contribution in [1.82, 2.24) is 9.97 Å². The van der Waals surface area contributed by atoms with E-state index in [0.29, 0.717) is 18.3 Å². The summed E-state index contributed by atoms with van der Waals surface area (Å²) >= 11 is 0. The maximum Gasteiger partial charge on any atom is 0.217 e. The Morgan fingerprint density at radius 1 is 1.00 bits per heavy atom. The van der Waals surface area contributed by atoms with E-state index in [1.807, 2.05) is 31.2 Å². The predicted molar refractivity (Wildman–Crippen MR) is 89.5 cm³/mol. The summed E-state index contributed by atoms with van der Waals surface area (Å²) in [4.78, 5) is 8.79. The first-order chi connectivity index (χ1) is 11.6. The number of halogens is 1. The summed E-state index contributed by atoms with van der Waals surface area (Å²) in [6.45, 7) is 2.24. The van der Waals surface area contributed by atoms with E-state index < -0.39 is 0 Å². The number of aromatic nitrogens is 2. The van der Waals surface area contributed by atoms with E-state index >= 15 is 0 Å². The van der Waals surface area contributed by atoms with Crippen molar-refractivity contribution in [2.75, 3.05) is 7.11 Å². The van der Waals surface area contributed by atoms with Gasteiger partial charge in [0, 0.05) is 17.3 Å². The molecule has 0 amide bonds. The number of hydrogen-bond donors (Lipinski definition) is 0. The monoisotopic (exact) mass is 324 g/mol. The standard InChI is InChI=1S/C19H17FN2O2/c1-13-10-18(24-12-14-4-3-5-17(11-14)23-2)22-19(21-13)15-6-8-16(20)9-7-15/h3-11H,12H2,1-2H3. The van der Waals surface area contributed by atoms with Gasteiger partial charge in [0.05, 0.1) is 7.11 Å². The van der Waals surface area contributed by atoms with Crippen LogP contribution in [0, 0.1) is 12.7 Å². The average molecular weight is 324 g/mol. The molecule has 1 heterocycles. The van der Waals surface area contributed by atoms with Crippen LogP contribution in [-0.2, 0) is 6.61 Å². The van der Waals surface area contributed by atoms with E-state index in [-0.39, 0.29) is 5.82 Å². The van der Waals surface area contributed by atoms with Gasteiger partial charge in [-0.25, -0.2) is 9.37 Å². The number of aryl methyl sites for hydroxylation is 1. The molecule has 0 saturated heterocycles. The summed E-state index contributed by atoms with van der Waals surface area (Å²) in [6.07, 6.45) is 0. The van der Waals surface area contributed by atoms with Crippen LogP contribution in [0.25, 0.3) is 11.4 Å². The first-order valence-electron chi connectivity index (χ1n) is 7.51. The maximum atomic E-state index is 13.1. The minimum absolute atomic E-state index is 0.291. The largest absolute Gasteiger partial charge is 0.497 e. The van der Waals surface area contributed by atoms with Crippen LogP contribution in [0.4, 0.5) is 4.39 Å². The van der Waals surface area contributed by atoms with Crippen LogP contribution >= 0.6 is 0 Å². The van der Waals surface area contributed by atoms with E-state index in [1.54, 1.807) is 25.3 Å². The third kappa shape index (κ3) is 3.87. The van der Waals surface area contributed by atoms with Crippen molar-refractivity contribution in [3.63, 3.8) is 0 Å². The van der Waals surface area contributed by atoms with E-state index in [2.05, 4.69) is 9.97 Å². The lowest BCUT2D eigenvalue weighted by Gasteiger charge is -2.09. The number of rotatable bonds is 5. The van der Waals surface area contributed by atoms with Crippen LogP contribution in [0.2, 0.25) is 0 Å². The zero-order valence-corrected chi connectivity index (χ0v) is 13.5. The Bertz CT molecular complexity index is 835. The van der Waals surface area contributed by atoms with E-state index in [4.69, 9.17) is 9.47 Å². The highest BCUT2D eigenvalue weighted by atomic mass is 19.1. The lowest BCUT2D eigenvalue weighted by Crippen LogP contribution is -2.01. The van der Waals surface area contributed by atoms with Gasteiger partial charge in [-0.1, -0.05) is 12.1 Å². The van der Waals surface area contributed by atoms with Crippen LogP contribution in [0.1, 0.15) is 11.3 Å². The van der Waals surface area contributed by atoms with Gasteiger partial charge in [0.2, 0.25) is 5.88 Å². The summed E-state index contributed by atoms with van der Waals surface area (Å²) in [7, 11) is 1.63. The number of nitrogens with zero attached hydrogens (tertiary/aromatic N) is 2. The zero-order valence-electron chi connectivity index (χ0n) is 13.5. The second kappa shape index (κ2) is 7.08. The van der Waals surface area contributed by atoms with Gasteiger partial charge >= 0.3 is 0 Å². The van der Waals surface area contributed by atoms with Gasteiger partial charge in [-0.15, -0.1) is 0 Å². The van der Waals surface area contributed by atoms with Gasteiger partial charge in [0.25, 0.3) is 0 Å². The SMILES string of the molecule is COc1cccc(COc2cc(C)nc(-c3ccc(F)cc3)n2)c1. The Labute approximate surface area is 139 Å². The Morgan fingerprint density at radius 3 is 2.54 bits per heavy atom. The van der Waals surface area contributed by atoms with Crippen molar-refractivity contribution in [2.24, 2.45) is 0 Å². The van der Waals surface area contributed by atoms with Gasteiger partial charge in [0.1, 0.15) is 18.2 Å². The summed E-state index contributed by atoms with van der Waals surface area (Å²) < 4.78 is 24.0. The Morgan fingerprint density at radius 2 is 1.79 bits per heavy atom. The van der Waals surface area contributed by atoms with Crippen molar-refractivity contribution in [3.05, 3.63) is 71.7 Å². The smallest absolute Gasteiger partial charge is 0.217 e. The fourth-order valence-electron chi connectivity index (χ4n) is 2.26. The molecular weight excluding hydrogens is 307 g/mol. The van der Waals surface area contributed by atoms with Crippen molar-refractivity contribution in [2.45, 2.75) is 13.5 Å². The summed E-state index contributed by atoms with van der Waals surface area (Å²) in [6, 6.07) is 15.5. The Hall–Kier alpha value is -2.95. The van der Waals surface area contributed by atoms with E-state index in [9.17, 15) is 4.39 Å². The molecule has 0 saturated carbocycles. The molecule has 24 heavy (non-hydrogen) atoms. The minimum atomic E-state index is -0.291. The molecule has 0 bridgehead atoms. The number of ether oxygens (including phenoxy) is 2. The molecule has 0 unspecified atom stereocenters. The van der Waals surface area contributed by atoms with Crippen LogP contribution in [0.3, 0.4) is 0 Å². The molecular formula is C19H17FN2O2. The predicted octanol–water partition coefficient (Wildman–Crippen LogP) is 4.18. The van der Waals surface area contributed by atoms with Gasteiger partial charge < -0.3 is 9.47 Å². The highest BCUT2D eigenvalue weighted by molar-refractivity contribution is 5.55. The van der Waals surface area contributed by atoms with Gasteiger partial charge in [0.15, 0.2) is 5.82 Å².